The highest BCUT2D eigenvalue weighted by atomic mass is 35.5. The number of carbonyl (C=O) groups excluding carboxylic acids is 1. The fourth-order valence-corrected chi connectivity index (χ4v) is 3.71. The topological polar surface area (TPSA) is 41.1 Å². The van der Waals surface area contributed by atoms with Crippen molar-refractivity contribution in [2.24, 2.45) is 0 Å². The van der Waals surface area contributed by atoms with Crippen molar-refractivity contribution >= 4 is 40.9 Å². The summed E-state index contributed by atoms with van der Waals surface area (Å²) in [5, 5.41) is 0.214. The van der Waals surface area contributed by atoms with Crippen LogP contribution in [-0.2, 0) is 0 Å². The Hall–Kier alpha value is -3.03. The quantitative estimate of drug-likeness (QED) is 0.273. The van der Waals surface area contributed by atoms with Crippen molar-refractivity contribution in [2.75, 3.05) is 5.43 Å². The molecule has 0 fully saturated rings. The summed E-state index contributed by atoms with van der Waals surface area (Å²) in [6.07, 6.45) is -2.23. The number of anilines is 1. The summed E-state index contributed by atoms with van der Waals surface area (Å²) >= 11 is 11.7. The maximum atomic E-state index is 13.7. The summed E-state index contributed by atoms with van der Waals surface area (Å²) in [6, 6.07) is 14.2. The van der Waals surface area contributed by atoms with Crippen LogP contribution in [0.4, 0.5) is 23.2 Å². The Morgan fingerprint density at radius 3 is 2.27 bits per heavy atom. The number of aryl methyl sites for hydroxylation is 1. The van der Waals surface area contributed by atoms with E-state index in [1.165, 1.54) is 54.6 Å². The molecule has 0 radical (unpaired) electrons. The number of alkyl halides is 3. The fourth-order valence-electron chi connectivity index (χ4n) is 3.17. The molecule has 1 atom stereocenters. The van der Waals surface area contributed by atoms with E-state index in [1.807, 2.05) is 0 Å². The summed E-state index contributed by atoms with van der Waals surface area (Å²) < 4.78 is 54.6. The minimum Gasteiger partial charge on any atom is -0.295 e. The van der Waals surface area contributed by atoms with Crippen LogP contribution < -0.4 is 10.9 Å². The molecular formula is C24H18Cl2F4N2O. The largest absolute Gasteiger partial charge is 0.399 e. The molecule has 172 valence electrons. The van der Waals surface area contributed by atoms with Crippen molar-refractivity contribution in [2.45, 2.75) is 19.0 Å². The second-order valence-corrected chi connectivity index (χ2v) is 8.09. The summed E-state index contributed by atoms with van der Waals surface area (Å²) in [7, 11) is 0. The number of hydrogen-bond acceptors (Lipinski definition) is 2. The van der Waals surface area contributed by atoms with E-state index >= 15 is 0 Å². The molecule has 3 rings (SSSR count). The molecule has 3 nitrogen and oxygen atoms in total. The van der Waals surface area contributed by atoms with Crippen LogP contribution in [0.2, 0.25) is 10.0 Å². The zero-order valence-electron chi connectivity index (χ0n) is 17.2. The van der Waals surface area contributed by atoms with E-state index in [2.05, 4.69) is 10.9 Å². The molecule has 0 aromatic heterocycles. The zero-order chi connectivity index (χ0) is 24.2. The van der Waals surface area contributed by atoms with E-state index in [0.717, 1.165) is 6.08 Å². The lowest BCUT2D eigenvalue weighted by molar-refractivity contribution is -0.139. The first-order valence-electron chi connectivity index (χ1n) is 9.67. The van der Waals surface area contributed by atoms with Crippen LogP contribution in [0.15, 0.2) is 66.7 Å². The monoisotopic (exact) mass is 496 g/mol. The van der Waals surface area contributed by atoms with Crippen LogP contribution in [0.3, 0.4) is 0 Å². The molecule has 3 aromatic carbocycles. The molecule has 0 aliphatic rings. The number of hydrogen-bond donors (Lipinski definition) is 2. The minimum atomic E-state index is -4.56. The predicted molar refractivity (Wildman–Crippen MR) is 123 cm³/mol. The van der Waals surface area contributed by atoms with Gasteiger partial charge in [0.05, 0.1) is 11.6 Å². The molecule has 0 aliphatic carbocycles. The minimum absolute atomic E-state index is 0.0804. The second kappa shape index (κ2) is 10.3. The molecule has 2 N–H and O–H groups in total. The Bertz CT molecular complexity index is 1180. The predicted octanol–water partition coefficient (Wildman–Crippen LogP) is 7.56. The number of allylic oxidation sites excluding steroid dienone is 1. The molecule has 0 aliphatic heterocycles. The number of rotatable bonds is 6. The van der Waals surface area contributed by atoms with Gasteiger partial charge in [-0.25, -0.2) is 4.39 Å². The van der Waals surface area contributed by atoms with Crippen molar-refractivity contribution in [1.29, 1.82) is 0 Å². The molecular weight excluding hydrogens is 479 g/mol. The Morgan fingerprint density at radius 2 is 1.67 bits per heavy atom. The molecule has 0 bridgehead atoms. The summed E-state index contributed by atoms with van der Waals surface area (Å²) in [6.45, 7) is 1.65. The van der Waals surface area contributed by atoms with Crippen LogP contribution in [0, 0.1) is 12.7 Å². The Labute approximate surface area is 198 Å². The van der Waals surface area contributed by atoms with Crippen molar-refractivity contribution in [1.82, 2.24) is 5.43 Å². The van der Waals surface area contributed by atoms with Gasteiger partial charge in [0.25, 0.3) is 5.91 Å². The highest BCUT2D eigenvalue weighted by molar-refractivity contribution is 6.34. The Kier molecular flexibility index (Phi) is 7.66. The molecule has 0 saturated carbocycles. The molecule has 9 heteroatoms. The Morgan fingerprint density at radius 1 is 1.00 bits per heavy atom. The maximum Gasteiger partial charge on any atom is 0.399 e. The third-order valence-electron chi connectivity index (χ3n) is 4.76. The molecule has 0 heterocycles. The number of nitrogens with one attached hydrogen (secondary N) is 2. The SMILES string of the molecule is Cc1cc(/C=C/C(c2cc(Cl)cc(Cl)c2)C(F)(F)F)ccc1C(=O)NNc1ccccc1F. The molecule has 33 heavy (non-hydrogen) atoms. The van der Waals surface area contributed by atoms with Crippen LogP contribution in [0.1, 0.15) is 33.0 Å². The van der Waals surface area contributed by atoms with E-state index in [4.69, 9.17) is 23.2 Å². The van der Waals surface area contributed by atoms with Gasteiger partial charge in [0.15, 0.2) is 0 Å². The van der Waals surface area contributed by atoms with E-state index in [0.29, 0.717) is 11.1 Å². The zero-order valence-corrected chi connectivity index (χ0v) is 18.7. The average molecular weight is 497 g/mol. The summed E-state index contributed by atoms with van der Waals surface area (Å²) in [5.74, 6) is -2.97. The maximum absolute atomic E-state index is 13.7. The van der Waals surface area contributed by atoms with Crippen molar-refractivity contribution < 1.29 is 22.4 Å². The number of amides is 1. The Balaban J connectivity index is 1.77. The van der Waals surface area contributed by atoms with Crippen molar-refractivity contribution in [3.8, 4) is 0 Å². The third kappa shape index (κ3) is 6.49. The van der Waals surface area contributed by atoms with Crippen LogP contribution in [0.25, 0.3) is 6.08 Å². The van der Waals surface area contributed by atoms with Gasteiger partial charge in [-0.05, 0) is 60.0 Å². The van der Waals surface area contributed by atoms with Crippen LogP contribution >= 0.6 is 23.2 Å². The fraction of sp³-hybridized carbons (Fsp3) is 0.125. The van der Waals surface area contributed by atoms with Gasteiger partial charge in [-0.1, -0.05) is 59.6 Å². The molecule has 1 amide bonds. The standard InChI is InChI=1S/C24H18Cl2F4N2O/c1-14-10-15(6-8-19(14)23(33)32-31-22-5-3-2-4-21(22)27)7-9-20(24(28,29)30)16-11-17(25)13-18(26)12-16/h2-13,20,31H,1H3,(H,32,33)/b9-7+. The van der Waals surface area contributed by atoms with Gasteiger partial charge in [-0.15, -0.1) is 0 Å². The number of hydrazine groups is 1. The summed E-state index contributed by atoms with van der Waals surface area (Å²) in [5.41, 5.74) is 6.19. The van der Waals surface area contributed by atoms with Gasteiger partial charge in [-0.3, -0.25) is 15.6 Å². The number of carbonyl (C=O) groups is 1. The highest BCUT2D eigenvalue weighted by Crippen LogP contribution is 2.38. The average Bonchev–Trinajstić information content (AvgIpc) is 2.71. The normalized spacial score (nSPS) is 12.6. The molecule has 0 saturated heterocycles. The van der Waals surface area contributed by atoms with Gasteiger partial charge in [0, 0.05) is 15.6 Å². The van der Waals surface area contributed by atoms with Crippen molar-refractivity contribution in [3.63, 3.8) is 0 Å². The van der Waals surface area contributed by atoms with Crippen LogP contribution in [-0.4, -0.2) is 12.1 Å². The van der Waals surface area contributed by atoms with E-state index < -0.39 is 23.8 Å². The smallest absolute Gasteiger partial charge is 0.295 e. The first-order chi connectivity index (χ1) is 15.5. The summed E-state index contributed by atoms with van der Waals surface area (Å²) in [4.78, 5) is 12.4. The first-order valence-corrected chi connectivity index (χ1v) is 10.4. The lowest BCUT2D eigenvalue weighted by atomic mass is 9.96. The lowest BCUT2D eigenvalue weighted by Crippen LogP contribution is -2.30. The number of halogens is 6. The third-order valence-corrected chi connectivity index (χ3v) is 5.19. The lowest BCUT2D eigenvalue weighted by Gasteiger charge is -2.18. The van der Waals surface area contributed by atoms with Gasteiger partial charge in [-0.2, -0.15) is 13.2 Å². The van der Waals surface area contributed by atoms with Crippen LogP contribution in [0.5, 0.6) is 0 Å². The molecule has 1 unspecified atom stereocenters. The van der Waals surface area contributed by atoms with Gasteiger partial charge in [0.1, 0.15) is 5.82 Å². The van der Waals surface area contributed by atoms with E-state index in [9.17, 15) is 22.4 Å². The second-order valence-electron chi connectivity index (χ2n) is 7.21. The van der Waals surface area contributed by atoms with Gasteiger partial charge in [0.2, 0.25) is 0 Å². The van der Waals surface area contributed by atoms with E-state index in [-0.39, 0.29) is 26.9 Å². The molecule has 3 aromatic rings. The molecule has 0 spiro atoms. The highest BCUT2D eigenvalue weighted by Gasteiger charge is 2.39. The number of para-hydroxylation sites is 1. The number of benzene rings is 3. The van der Waals surface area contributed by atoms with E-state index in [1.54, 1.807) is 19.1 Å². The van der Waals surface area contributed by atoms with Gasteiger partial charge >= 0.3 is 6.18 Å². The first kappa shape index (κ1) is 24.6. The van der Waals surface area contributed by atoms with Gasteiger partial charge < -0.3 is 0 Å². The van der Waals surface area contributed by atoms with Crippen molar-refractivity contribution in [3.05, 3.63) is 105 Å².